The fourth-order valence-corrected chi connectivity index (χ4v) is 8.06. The Balaban J connectivity index is 1.10. The van der Waals surface area contributed by atoms with Gasteiger partial charge in [0.2, 0.25) is 16.0 Å². The Kier molecular flexibility index (Phi) is 8.45. The monoisotopic (exact) mass is 624 g/mol. The van der Waals surface area contributed by atoms with E-state index < -0.39 is 15.6 Å². The van der Waals surface area contributed by atoms with Gasteiger partial charge in [-0.3, -0.25) is 0 Å². The summed E-state index contributed by atoms with van der Waals surface area (Å²) in [5, 5.41) is 31.7. The fourth-order valence-electron chi connectivity index (χ4n) is 5.90. The fraction of sp³-hybridized carbons (Fsp3) is 0.533. The lowest BCUT2D eigenvalue weighted by atomic mass is 9.83. The van der Waals surface area contributed by atoms with E-state index in [1.54, 1.807) is 21.4 Å². The molecule has 11 nitrogen and oxygen atoms in total. The highest BCUT2D eigenvalue weighted by atomic mass is 35.5. The summed E-state index contributed by atoms with van der Waals surface area (Å²) >= 11 is 6.68. The Morgan fingerprint density at radius 1 is 1.12 bits per heavy atom. The molecule has 0 spiro atoms. The molecule has 0 radical (unpaired) electrons. The molecule has 2 aromatic heterocycles. The zero-order valence-electron chi connectivity index (χ0n) is 24.2. The third-order valence-corrected chi connectivity index (χ3v) is 11.5. The summed E-state index contributed by atoms with van der Waals surface area (Å²) in [6.45, 7) is 3.55. The van der Waals surface area contributed by atoms with Crippen LogP contribution in [0.5, 0.6) is 0 Å². The second-order valence-corrected chi connectivity index (χ2v) is 14.9. The van der Waals surface area contributed by atoms with Crippen molar-refractivity contribution >= 4 is 27.6 Å². The third kappa shape index (κ3) is 6.86. The molecule has 2 saturated carbocycles. The number of halogens is 1. The minimum absolute atomic E-state index is 0.0361. The number of piperidine rings is 1. The van der Waals surface area contributed by atoms with Gasteiger partial charge in [-0.15, -0.1) is 0 Å². The van der Waals surface area contributed by atoms with E-state index in [0.717, 1.165) is 44.1 Å². The van der Waals surface area contributed by atoms with Crippen molar-refractivity contribution in [2.24, 2.45) is 0 Å². The van der Waals surface area contributed by atoms with Crippen LogP contribution in [0, 0.1) is 11.3 Å². The highest BCUT2D eigenvalue weighted by Crippen LogP contribution is 2.33. The molecule has 0 amide bonds. The molecule has 1 aliphatic heterocycles. The molecule has 3 N–H and O–H groups in total. The van der Waals surface area contributed by atoms with Crippen molar-refractivity contribution in [3.63, 3.8) is 0 Å². The van der Waals surface area contributed by atoms with Gasteiger partial charge in [-0.25, -0.2) is 27.4 Å². The molecule has 3 aromatic rings. The van der Waals surface area contributed by atoms with Crippen molar-refractivity contribution < 1.29 is 13.5 Å². The number of nitrogens with one attached hydrogen (secondary N) is 2. The summed E-state index contributed by atoms with van der Waals surface area (Å²) in [5.74, 6) is 0.390. The molecule has 1 saturated heterocycles. The van der Waals surface area contributed by atoms with E-state index >= 15 is 0 Å². The van der Waals surface area contributed by atoms with Crippen LogP contribution in [-0.2, 0) is 16.6 Å². The number of hydrogen-bond donors (Lipinski definition) is 3. The smallest absolute Gasteiger partial charge is 0.223 e. The van der Waals surface area contributed by atoms with E-state index in [2.05, 4.69) is 31.8 Å². The molecular formula is C30H37ClN8O3S. The number of benzene rings is 1. The lowest BCUT2D eigenvalue weighted by Crippen LogP contribution is -2.43. The maximum absolute atomic E-state index is 12.6. The lowest BCUT2D eigenvalue weighted by molar-refractivity contribution is 0.0140. The van der Waals surface area contributed by atoms with E-state index in [1.807, 2.05) is 25.1 Å². The third-order valence-electron chi connectivity index (χ3n) is 8.77. The normalized spacial score (nSPS) is 23.6. The molecule has 3 heterocycles. The van der Waals surface area contributed by atoms with Crippen molar-refractivity contribution in [3.8, 4) is 23.0 Å². The number of nitrogens with zero attached hydrogens (tertiary/aromatic N) is 6. The number of sulfonamides is 1. The molecule has 2 aliphatic carbocycles. The number of rotatable bonds is 9. The standard InChI is InChI=1S/C30H37ClN8O3S/c1-30(40)10-6-23(7-11-30)33-16-20-2-5-27(26(31)14-20)39-19-22(18-35-39)28-21(15-32)17-34-29(37-28)36-24-8-12-38(13-9-24)43(41,42)25-3-4-25/h2,5,14,17-19,23-25,33,40H,3-4,6-13,16H2,1H3,(H,34,36,37). The van der Waals surface area contributed by atoms with Gasteiger partial charge in [0.25, 0.3) is 0 Å². The predicted molar refractivity (Wildman–Crippen MR) is 164 cm³/mol. The predicted octanol–water partition coefficient (Wildman–Crippen LogP) is 4.01. The van der Waals surface area contributed by atoms with Crippen molar-refractivity contribution in [3.05, 3.63) is 52.9 Å². The lowest BCUT2D eigenvalue weighted by Gasteiger charge is -2.33. The number of hydrogen-bond acceptors (Lipinski definition) is 9. The topological polar surface area (TPSA) is 149 Å². The van der Waals surface area contributed by atoms with Crippen LogP contribution < -0.4 is 10.6 Å². The van der Waals surface area contributed by atoms with Crippen LogP contribution in [0.3, 0.4) is 0 Å². The Bertz CT molecular complexity index is 1610. The van der Waals surface area contributed by atoms with Crippen molar-refractivity contribution in [2.45, 2.75) is 87.8 Å². The second-order valence-electron chi connectivity index (χ2n) is 12.2. The zero-order chi connectivity index (χ0) is 30.2. The first-order valence-corrected chi connectivity index (χ1v) is 16.8. The summed E-state index contributed by atoms with van der Waals surface area (Å²) in [4.78, 5) is 8.99. The molecule has 0 atom stereocenters. The largest absolute Gasteiger partial charge is 0.390 e. The highest BCUT2D eigenvalue weighted by Gasteiger charge is 2.41. The summed E-state index contributed by atoms with van der Waals surface area (Å²) < 4.78 is 28.4. The summed E-state index contributed by atoms with van der Waals surface area (Å²) in [6, 6.07) is 8.46. The van der Waals surface area contributed by atoms with E-state index in [4.69, 9.17) is 11.6 Å². The van der Waals surface area contributed by atoms with Crippen molar-refractivity contribution in [1.82, 2.24) is 29.4 Å². The van der Waals surface area contributed by atoms with Gasteiger partial charge in [0.15, 0.2) is 0 Å². The van der Waals surface area contributed by atoms with E-state index in [0.29, 0.717) is 72.0 Å². The van der Waals surface area contributed by atoms with Crippen molar-refractivity contribution in [1.29, 1.82) is 5.26 Å². The first-order valence-electron chi connectivity index (χ1n) is 14.9. The van der Waals surface area contributed by atoms with Crippen LogP contribution in [-0.4, -0.2) is 73.6 Å². The van der Waals surface area contributed by atoms with Gasteiger partial charge in [-0.1, -0.05) is 17.7 Å². The van der Waals surface area contributed by atoms with Crippen LogP contribution in [0.2, 0.25) is 5.02 Å². The molecule has 3 fully saturated rings. The van der Waals surface area contributed by atoms with Gasteiger partial charge in [-0.2, -0.15) is 10.4 Å². The van der Waals surface area contributed by atoms with E-state index in [-0.39, 0.29) is 11.3 Å². The average molecular weight is 625 g/mol. The zero-order valence-corrected chi connectivity index (χ0v) is 25.8. The van der Waals surface area contributed by atoms with Crippen LogP contribution in [0.25, 0.3) is 16.9 Å². The molecule has 3 aliphatic rings. The van der Waals surface area contributed by atoms with Gasteiger partial charge >= 0.3 is 0 Å². The number of nitriles is 1. The Morgan fingerprint density at radius 3 is 2.53 bits per heavy atom. The highest BCUT2D eigenvalue weighted by molar-refractivity contribution is 7.90. The maximum atomic E-state index is 12.6. The Labute approximate surface area is 257 Å². The molecule has 0 unspecified atom stereocenters. The number of aromatic nitrogens is 4. The van der Waals surface area contributed by atoms with Crippen LogP contribution >= 0.6 is 11.6 Å². The minimum atomic E-state index is -3.17. The van der Waals surface area contributed by atoms with Gasteiger partial charge in [0.1, 0.15) is 6.07 Å². The first kappa shape index (κ1) is 30.0. The van der Waals surface area contributed by atoms with E-state index in [9.17, 15) is 18.8 Å². The average Bonchev–Trinajstić information content (AvgIpc) is 3.75. The van der Waals surface area contributed by atoms with Crippen LogP contribution in [0.4, 0.5) is 5.95 Å². The molecule has 228 valence electrons. The molecular weight excluding hydrogens is 588 g/mol. The Hall–Kier alpha value is -3.08. The number of anilines is 1. The Morgan fingerprint density at radius 2 is 1.86 bits per heavy atom. The van der Waals surface area contributed by atoms with Gasteiger partial charge in [0.05, 0.1) is 45.2 Å². The maximum Gasteiger partial charge on any atom is 0.223 e. The molecule has 43 heavy (non-hydrogen) atoms. The quantitative estimate of drug-likeness (QED) is 0.321. The second kappa shape index (κ2) is 12.1. The SMILES string of the molecule is CC1(O)CCC(NCc2ccc(-n3cc(-c4nc(NC5CCN(S(=O)(=O)C6CC6)CC5)ncc4C#N)cn3)c(Cl)c2)CC1. The van der Waals surface area contributed by atoms with Crippen LogP contribution in [0.15, 0.2) is 36.8 Å². The number of aliphatic hydroxyl groups is 1. The van der Waals surface area contributed by atoms with E-state index in [1.165, 1.54) is 6.20 Å². The van der Waals surface area contributed by atoms with Gasteiger partial charge in [-0.05, 0) is 76.0 Å². The summed E-state index contributed by atoms with van der Waals surface area (Å²) in [7, 11) is -3.17. The molecule has 13 heteroatoms. The summed E-state index contributed by atoms with van der Waals surface area (Å²) in [6.07, 6.45) is 11.3. The molecule has 1 aromatic carbocycles. The first-order chi connectivity index (χ1) is 20.6. The molecule has 0 bridgehead atoms. The minimum Gasteiger partial charge on any atom is -0.390 e. The van der Waals surface area contributed by atoms with Gasteiger partial charge in [0, 0.05) is 43.5 Å². The van der Waals surface area contributed by atoms with Crippen molar-refractivity contribution in [2.75, 3.05) is 18.4 Å². The summed E-state index contributed by atoms with van der Waals surface area (Å²) in [5.41, 5.74) is 2.67. The molecule has 6 rings (SSSR count). The van der Waals surface area contributed by atoms with Crippen LogP contribution in [0.1, 0.15) is 69.4 Å². The van der Waals surface area contributed by atoms with Gasteiger partial charge < -0.3 is 15.7 Å².